The van der Waals surface area contributed by atoms with Gasteiger partial charge in [0.2, 0.25) is 11.8 Å². The second-order valence-corrected chi connectivity index (χ2v) is 5.09. The number of hydrogen-bond donors (Lipinski definition) is 3. The number of rotatable bonds is 7. The van der Waals surface area contributed by atoms with Gasteiger partial charge in [-0.05, 0) is 5.92 Å². The zero-order valence-corrected chi connectivity index (χ0v) is 12.1. The van der Waals surface area contributed by atoms with E-state index in [1.54, 1.807) is 20.8 Å². The summed E-state index contributed by atoms with van der Waals surface area (Å²) in [7, 11) is 0. The minimum absolute atomic E-state index is 0.0176. The summed E-state index contributed by atoms with van der Waals surface area (Å²) in [6, 6.07) is -0.0817. The first kappa shape index (κ1) is 17.9. The number of nitrogens with zero attached hydrogens (tertiary/aromatic N) is 1. The maximum Gasteiger partial charge on any atom is 0.326 e. The van der Waals surface area contributed by atoms with E-state index in [4.69, 9.17) is 10.4 Å². The van der Waals surface area contributed by atoms with Crippen LogP contribution in [0, 0.1) is 23.2 Å². The summed E-state index contributed by atoms with van der Waals surface area (Å²) in [5.41, 5.74) is 0. The average molecular weight is 283 g/mol. The Morgan fingerprint density at radius 1 is 1.15 bits per heavy atom. The third kappa shape index (κ3) is 5.69. The first-order chi connectivity index (χ1) is 9.20. The predicted molar refractivity (Wildman–Crippen MR) is 71.4 cm³/mol. The number of carbonyl (C=O) groups excluding carboxylic acids is 2. The van der Waals surface area contributed by atoms with Crippen molar-refractivity contribution in [3.63, 3.8) is 0 Å². The predicted octanol–water partition coefficient (Wildman–Crippen LogP) is 0.266. The number of nitriles is 1. The van der Waals surface area contributed by atoms with Gasteiger partial charge in [0.1, 0.15) is 12.1 Å². The molecule has 0 aliphatic heterocycles. The van der Waals surface area contributed by atoms with Gasteiger partial charge in [-0.2, -0.15) is 5.26 Å². The van der Waals surface area contributed by atoms with Crippen molar-refractivity contribution >= 4 is 17.8 Å². The summed E-state index contributed by atoms with van der Waals surface area (Å²) in [6.07, 6.45) is 0.0176. The molecule has 0 aliphatic rings. The number of carbonyl (C=O) groups is 3. The Labute approximate surface area is 118 Å². The second-order valence-electron chi connectivity index (χ2n) is 5.09. The molecule has 7 nitrogen and oxygen atoms in total. The van der Waals surface area contributed by atoms with Gasteiger partial charge < -0.3 is 15.7 Å². The molecule has 20 heavy (non-hydrogen) atoms. The fraction of sp³-hybridized carbons (Fsp3) is 0.692. The molecule has 0 unspecified atom stereocenters. The van der Waals surface area contributed by atoms with Gasteiger partial charge in [0.05, 0.1) is 6.07 Å². The highest BCUT2D eigenvalue weighted by Gasteiger charge is 2.31. The highest BCUT2D eigenvalue weighted by molar-refractivity contribution is 5.90. The van der Waals surface area contributed by atoms with Crippen LogP contribution < -0.4 is 10.6 Å². The van der Waals surface area contributed by atoms with E-state index in [0.717, 1.165) is 0 Å². The van der Waals surface area contributed by atoms with Crippen LogP contribution in [0.2, 0.25) is 0 Å². The molecule has 0 fully saturated rings. The first-order valence-corrected chi connectivity index (χ1v) is 6.37. The Morgan fingerprint density at radius 2 is 1.70 bits per heavy atom. The molecule has 0 rings (SSSR count). The van der Waals surface area contributed by atoms with E-state index in [2.05, 4.69) is 10.6 Å². The fourth-order valence-corrected chi connectivity index (χ4v) is 1.71. The van der Waals surface area contributed by atoms with Crippen LogP contribution in [-0.4, -0.2) is 35.0 Å². The van der Waals surface area contributed by atoms with Crippen molar-refractivity contribution in [3.05, 3.63) is 0 Å². The number of carboxylic acid groups (broad SMARTS) is 1. The molecule has 0 radical (unpaired) electrons. The largest absolute Gasteiger partial charge is 0.480 e. The van der Waals surface area contributed by atoms with Gasteiger partial charge in [-0.3, -0.25) is 9.59 Å². The minimum Gasteiger partial charge on any atom is -0.480 e. The SMILES string of the molecule is CC(=O)N[C@@H](C(=O)N[C@H](C(=O)O)[C@H](C)CC#N)C(C)C. The van der Waals surface area contributed by atoms with Crippen molar-refractivity contribution in [2.24, 2.45) is 11.8 Å². The molecule has 0 aliphatic carbocycles. The highest BCUT2D eigenvalue weighted by Crippen LogP contribution is 2.10. The van der Waals surface area contributed by atoms with Crippen molar-refractivity contribution in [2.45, 2.75) is 46.2 Å². The molecule has 0 bridgehead atoms. The van der Waals surface area contributed by atoms with E-state index in [1.165, 1.54) is 6.92 Å². The van der Waals surface area contributed by atoms with Crippen LogP contribution in [0.3, 0.4) is 0 Å². The zero-order chi connectivity index (χ0) is 15.9. The lowest BCUT2D eigenvalue weighted by atomic mass is 9.97. The Morgan fingerprint density at radius 3 is 2.05 bits per heavy atom. The monoisotopic (exact) mass is 283 g/mol. The Bertz CT molecular complexity index is 414. The van der Waals surface area contributed by atoms with E-state index in [-0.39, 0.29) is 18.2 Å². The lowest BCUT2D eigenvalue weighted by Crippen LogP contribution is -2.54. The topological polar surface area (TPSA) is 119 Å². The molecule has 2 amide bonds. The fourth-order valence-electron chi connectivity index (χ4n) is 1.71. The Kier molecular flexibility index (Phi) is 7.29. The minimum atomic E-state index is -1.20. The Balaban J connectivity index is 4.93. The molecule has 0 aromatic heterocycles. The van der Waals surface area contributed by atoms with Gasteiger partial charge in [-0.15, -0.1) is 0 Å². The van der Waals surface area contributed by atoms with Gasteiger partial charge in [-0.1, -0.05) is 20.8 Å². The van der Waals surface area contributed by atoms with E-state index in [9.17, 15) is 14.4 Å². The van der Waals surface area contributed by atoms with E-state index < -0.39 is 29.9 Å². The van der Waals surface area contributed by atoms with Crippen LogP contribution in [0.5, 0.6) is 0 Å². The number of nitrogens with one attached hydrogen (secondary N) is 2. The maximum absolute atomic E-state index is 12.1. The van der Waals surface area contributed by atoms with Gasteiger partial charge in [0.15, 0.2) is 0 Å². The van der Waals surface area contributed by atoms with Crippen LogP contribution in [-0.2, 0) is 14.4 Å². The molecule has 0 aromatic rings. The van der Waals surface area contributed by atoms with Gasteiger partial charge in [0.25, 0.3) is 0 Å². The third-order valence-electron chi connectivity index (χ3n) is 2.85. The third-order valence-corrected chi connectivity index (χ3v) is 2.85. The van der Waals surface area contributed by atoms with Crippen molar-refractivity contribution in [1.29, 1.82) is 5.26 Å². The van der Waals surface area contributed by atoms with E-state index >= 15 is 0 Å². The number of carboxylic acids is 1. The summed E-state index contributed by atoms with van der Waals surface area (Å²) < 4.78 is 0. The van der Waals surface area contributed by atoms with Crippen LogP contribution in [0.15, 0.2) is 0 Å². The smallest absolute Gasteiger partial charge is 0.326 e. The van der Waals surface area contributed by atoms with Crippen LogP contribution in [0.1, 0.15) is 34.1 Å². The first-order valence-electron chi connectivity index (χ1n) is 6.37. The highest BCUT2D eigenvalue weighted by atomic mass is 16.4. The molecule has 0 saturated carbocycles. The summed E-state index contributed by atoms with van der Waals surface area (Å²) >= 11 is 0. The Hall–Kier alpha value is -2.10. The molecule has 3 N–H and O–H groups in total. The molecular weight excluding hydrogens is 262 g/mol. The van der Waals surface area contributed by atoms with Crippen LogP contribution in [0.4, 0.5) is 0 Å². The average Bonchev–Trinajstić information content (AvgIpc) is 2.31. The molecule has 0 aromatic carbocycles. The van der Waals surface area contributed by atoms with Gasteiger partial charge in [0, 0.05) is 19.3 Å². The van der Waals surface area contributed by atoms with Crippen molar-refractivity contribution in [2.75, 3.05) is 0 Å². The van der Waals surface area contributed by atoms with Gasteiger partial charge >= 0.3 is 5.97 Å². The van der Waals surface area contributed by atoms with Crippen molar-refractivity contribution < 1.29 is 19.5 Å². The van der Waals surface area contributed by atoms with Crippen molar-refractivity contribution in [3.8, 4) is 6.07 Å². The molecular formula is C13H21N3O4. The van der Waals surface area contributed by atoms with Gasteiger partial charge in [-0.25, -0.2) is 4.79 Å². The van der Waals surface area contributed by atoms with Crippen LogP contribution >= 0.6 is 0 Å². The lowest BCUT2D eigenvalue weighted by Gasteiger charge is -2.25. The number of hydrogen-bond acceptors (Lipinski definition) is 4. The summed E-state index contributed by atoms with van der Waals surface area (Å²) in [4.78, 5) is 34.3. The van der Waals surface area contributed by atoms with Crippen LogP contribution in [0.25, 0.3) is 0 Å². The quantitative estimate of drug-likeness (QED) is 0.619. The number of amides is 2. The zero-order valence-electron chi connectivity index (χ0n) is 12.1. The van der Waals surface area contributed by atoms with E-state index in [1.807, 2.05) is 6.07 Å². The summed E-state index contributed by atoms with van der Waals surface area (Å²) in [6.45, 7) is 6.35. The summed E-state index contributed by atoms with van der Waals surface area (Å²) in [5, 5.41) is 22.6. The molecule has 112 valence electrons. The standard InChI is InChI=1S/C13H21N3O4/c1-7(2)10(15-9(4)17)12(18)16-11(13(19)20)8(3)5-6-14/h7-8,10-11H,5H2,1-4H3,(H,15,17)(H,16,18)(H,19,20)/t8-,10-,11+/m1/s1. The number of aliphatic carboxylic acids is 1. The summed E-state index contributed by atoms with van der Waals surface area (Å²) in [5.74, 6) is -2.83. The lowest BCUT2D eigenvalue weighted by molar-refractivity contribution is -0.143. The van der Waals surface area contributed by atoms with E-state index in [0.29, 0.717) is 0 Å². The normalized spacial score (nSPS) is 14.8. The molecule has 7 heteroatoms. The maximum atomic E-state index is 12.1. The molecule has 3 atom stereocenters. The second kappa shape index (κ2) is 8.15. The van der Waals surface area contributed by atoms with Crippen molar-refractivity contribution in [1.82, 2.24) is 10.6 Å². The molecule has 0 heterocycles. The molecule has 0 spiro atoms. The molecule has 0 saturated heterocycles.